The van der Waals surface area contributed by atoms with Crippen molar-refractivity contribution in [2.75, 3.05) is 21.7 Å². The number of benzene rings is 3. The highest BCUT2D eigenvalue weighted by Crippen LogP contribution is 2.32. The summed E-state index contributed by atoms with van der Waals surface area (Å²) in [6.45, 7) is 3.65. The molecule has 0 fully saturated rings. The van der Waals surface area contributed by atoms with E-state index in [0.717, 1.165) is 11.3 Å². The summed E-state index contributed by atoms with van der Waals surface area (Å²) in [6, 6.07) is 19.8. The molecule has 3 N–H and O–H groups in total. The lowest BCUT2D eigenvalue weighted by Gasteiger charge is -2.23. The summed E-state index contributed by atoms with van der Waals surface area (Å²) in [6.07, 6.45) is -0.565. The molecule has 3 amide bonds. The topological polar surface area (TPSA) is 96.5 Å². The fourth-order valence-corrected chi connectivity index (χ4v) is 4.09. The molecule has 33 heavy (non-hydrogen) atoms. The number of aryl methyl sites for hydroxylation is 1. The van der Waals surface area contributed by atoms with Crippen molar-refractivity contribution in [2.24, 2.45) is 0 Å². The maximum atomic E-state index is 12.9. The summed E-state index contributed by atoms with van der Waals surface area (Å²) < 4.78 is 5.54. The normalized spacial score (nSPS) is 14.5. The molecule has 1 atom stereocenters. The van der Waals surface area contributed by atoms with Crippen molar-refractivity contribution in [3.05, 3.63) is 77.9 Å². The van der Waals surface area contributed by atoms with Gasteiger partial charge in [-0.25, -0.2) is 0 Å². The quantitative estimate of drug-likeness (QED) is 0.463. The van der Waals surface area contributed by atoms with Gasteiger partial charge in [-0.15, -0.1) is 11.8 Å². The van der Waals surface area contributed by atoms with Gasteiger partial charge in [-0.05, 0) is 56.3 Å². The third kappa shape index (κ3) is 5.53. The third-order valence-electron chi connectivity index (χ3n) is 4.99. The molecule has 0 aliphatic carbocycles. The van der Waals surface area contributed by atoms with Gasteiger partial charge in [0.25, 0.3) is 11.8 Å². The van der Waals surface area contributed by atoms with Crippen LogP contribution in [0.4, 0.5) is 17.1 Å². The number of carbonyl (C=O) groups excluding carboxylic acids is 3. The third-order valence-corrected chi connectivity index (χ3v) is 6.07. The van der Waals surface area contributed by atoms with E-state index < -0.39 is 6.10 Å². The lowest BCUT2D eigenvalue weighted by atomic mass is 10.2. The predicted molar refractivity (Wildman–Crippen MR) is 130 cm³/mol. The molecule has 0 aromatic heterocycles. The zero-order chi connectivity index (χ0) is 23.4. The zero-order valence-electron chi connectivity index (χ0n) is 18.2. The van der Waals surface area contributed by atoms with Gasteiger partial charge in [0.05, 0.1) is 17.0 Å². The molecule has 0 unspecified atom stereocenters. The first-order chi connectivity index (χ1) is 15.9. The van der Waals surface area contributed by atoms with E-state index in [4.69, 9.17) is 4.74 Å². The highest BCUT2D eigenvalue weighted by molar-refractivity contribution is 8.00. The Kier molecular flexibility index (Phi) is 6.65. The van der Waals surface area contributed by atoms with Crippen LogP contribution in [0.15, 0.2) is 71.6 Å². The van der Waals surface area contributed by atoms with Crippen molar-refractivity contribution in [3.63, 3.8) is 0 Å². The largest absolute Gasteiger partial charge is 0.479 e. The van der Waals surface area contributed by atoms with Crippen molar-refractivity contribution in [3.8, 4) is 5.75 Å². The van der Waals surface area contributed by atoms with Crippen LogP contribution in [0.3, 0.4) is 0 Å². The summed E-state index contributed by atoms with van der Waals surface area (Å²) in [5.74, 6) is 0.0119. The van der Waals surface area contributed by atoms with E-state index in [1.54, 1.807) is 43.3 Å². The Morgan fingerprint density at radius 3 is 2.52 bits per heavy atom. The van der Waals surface area contributed by atoms with Crippen LogP contribution < -0.4 is 20.7 Å². The van der Waals surface area contributed by atoms with Gasteiger partial charge in [0.1, 0.15) is 5.75 Å². The van der Waals surface area contributed by atoms with Gasteiger partial charge in [-0.2, -0.15) is 0 Å². The Balaban J connectivity index is 1.41. The predicted octanol–water partition coefficient (Wildman–Crippen LogP) is 4.70. The van der Waals surface area contributed by atoms with Gasteiger partial charge in [0.15, 0.2) is 6.10 Å². The number of amides is 3. The molecule has 8 heteroatoms. The molecule has 1 aliphatic rings. The van der Waals surface area contributed by atoms with Gasteiger partial charge in [-0.1, -0.05) is 29.8 Å². The average Bonchev–Trinajstić information content (AvgIpc) is 2.80. The highest BCUT2D eigenvalue weighted by atomic mass is 32.2. The molecule has 0 saturated carbocycles. The van der Waals surface area contributed by atoms with Gasteiger partial charge in [0, 0.05) is 16.3 Å². The van der Waals surface area contributed by atoms with Gasteiger partial charge >= 0.3 is 0 Å². The molecule has 7 nitrogen and oxygen atoms in total. The maximum Gasteiger partial charge on any atom is 0.265 e. The summed E-state index contributed by atoms with van der Waals surface area (Å²) >= 11 is 1.29. The Bertz CT molecular complexity index is 1210. The van der Waals surface area contributed by atoms with E-state index in [2.05, 4.69) is 16.0 Å². The van der Waals surface area contributed by atoms with Crippen LogP contribution in [0.2, 0.25) is 0 Å². The van der Waals surface area contributed by atoms with Crippen LogP contribution in [0, 0.1) is 6.92 Å². The van der Waals surface area contributed by atoms with Crippen LogP contribution in [0.5, 0.6) is 5.75 Å². The minimum atomic E-state index is -0.565. The van der Waals surface area contributed by atoms with Crippen molar-refractivity contribution in [2.45, 2.75) is 24.8 Å². The number of carbonyl (C=O) groups is 3. The number of hydrogen-bond donors (Lipinski definition) is 3. The minimum absolute atomic E-state index is 0.154. The van der Waals surface area contributed by atoms with E-state index in [1.165, 1.54) is 11.8 Å². The zero-order valence-corrected chi connectivity index (χ0v) is 19.0. The molecular weight excluding hydrogens is 438 g/mol. The van der Waals surface area contributed by atoms with Crippen LogP contribution >= 0.6 is 11.8 Å². The van der Waals surface area contributed by atoms with Crippen LogP contribution in [0.1, 0.15) is 22.8 Å². The van der Waals surface area contributed by atoms with Gasteiger partial charge in [-0.3, -0.25) is 14.4 Å². The Morgan fingerprint density at radius 1 is 1.00 bits per heavy atom. The second-order valence-corrected chi connectivity index (χ2v) is 8.63. The smallest absolute Gasteiger partial charge is 0.265 e. The molecular formula is C25H23N3O4S. The molecule has 1 aliphatic heterocycles. The molecule has 0 radical (unpaired) electrons. The second-order valence-electron chi connectivity index (χ2n) is 7.61. The van der Waals surface area contributed by atoms with Crippen LogP contribution in [-0.2, 0) is 9.59 Å². The number of anilines is 3. The number of ether oxygens (including phenoxy) is 1. The minimum Gasteiger partial charge on any atom is -0.479 e. The van der Waals surface area contributed by atoms with Crippen molar-refractivity contribution >= 4 is 46.5 Å². The molecule has 0 bridgehead atoms. The Labute approximate surface area is 195 Å². The van der Waals surface area contributed by atoms with Gasteiger partial charge in [0.2, 0.25) is 5.91 Å². The van der Waals surface area contributed by atoms with E-state index in [1.807, 2.05) is 37.3 Å². The number of thioether (sulfide) groups is 1. The van der Waals surface area contributed by atoms with Crippen LogP contribution in [0.25, 0.3) is 0 Å². The molecule has 0 saturated heterocycles. The van der Waals surface area contributed by atoms with Crippen molar-refractivity contribution in [1.82, 2.24) is 0 Å². The first-order valence-electron chi connectivity index (χ1n) is 10.4. The van der Waals surface area contributed by atoms with E-state index in [-0.39, 0.29) is 23.5 Å². The summed E-state index contributed by atoms with van der Waals surface area (Å²) in [5.41, 5.74) is 3.33. The van der Waals surface area contributed by atoms with E-state index in [0.29, 0.717) is 27.6 Å². The number of fused-ring (bicyclic) bond motifs is 1. The first-order valence-corrected chi connectivity index (χ1v) is 11.4. The highest BCUT2D eigenvalue weighted by Gasteiger charge is 2.24. The Morgan fingerprint density at radius 2 is 1.73 bits per heavy atom. The fraction of sp³-hybridized carbons (Fsp3) is 0.160. The monoisotopic (exact) mass is 461 g/mol. The average molecular weight is 462 g/mol. The molecule has 4 rings (SSSR count). The van der Waals surface area contributed by atoms with Gasteiger partial charge < -0.3 is 20.7 Å². The SMILES string of the molecule is Cc1ccc(NC(=O)CSc2ccccc2C(=O)Nc2ccc3c(c2)NC(=O)[C@@H](C)O3)cc1. The molecule has 1 heterocycles. The maximum absolute atomic E-state index is 12.9. The number of rotatable bonds is 6. The lowest BCUT2D eigenvalue weighted by Crippen LogP contribution is -2.34. The van der Waals surface area contributed by atoms with E-state index in [9.17, 15) is 14.4 Å². The standard InChI is InChI=1S/C25H23N3O4S/c1-15-7-9-17(10-8-15)26-23(29)14-33-22-6-4-3-5-19(22)25(31)27-18-11-12-21-20(13-18)28-24(30)16(2)32-21/h3-13,16H,14H2,1-2H3,(H,26,29)(H,27,31)(H,28,30)/t16-/m1/s1. The van der Waals surface area contributed by atoms with E-state index >= 15 is 0 Å². The summed E-state index contributed by atoms with van der Waals surface area (Å²) in [4.78, 5) is 37.8. The van der Waals surface area contributed by atoms with Crippen LogP contribution in [-0.4, -0.2) is 29.6 Å². The summed E-state index contributed by atoms with van der Waals surface area (Å²) in [5, 5.41) is 8.47. The molecule has 3 aromatic rings. The Hall–Kier alpha value is -3.78. The first kappa shape index (κ1) is 22.4. The fourth-order valence-electron chi connectivity index (χ4n) is 3.24. The molecule has 168 valence electrons. The number of nitrogens with one attached hydrogen (secondary N) is 3. The molecule has 0 spiro atoms. The second kappa shape index (κ2) is 9.79. The molecule has 3 aromatic carbocycles. The number of hydrogen-bond acceptors (Lipinski definition) is 5. The summed E-state index contributed by atoms with van der Waals surface area (Å²) in [7, 11) is 0. The lowest BCUT2D eigenvalue weighted by molar-refractivity contribution is -0.122. The van der Waals surface area contributed by atoms with Crippen molar-refractivity contribution in [1.29, 1.82) is 0 Å². The van der Waals surface area contributed by atoms with Crippen molar-refractivity contribution < 1.29 is 19.1 Å².